The Hall–Kier alpha value is -3.79. The summed E-state index contributed by atoms with van der Waals surface area (Å²) >= 11 is 0. The lowest BCUT2D eigenvalue weighted by molar-refractivity contribution is -0.138. The molecule has 40 heavy (non-hydrogen) atoms. The highest BCUT2D eigenvalue weighted by Crippen LogP contribution is 2.32. The first kappa shape index (κ1) is 27.8. The Morgan fingerprint density at radius 1 is 0.975 bits per heavy atom. The van der Waals surface area contributed by atoms with Crippen LogP contribution in [0.3, 0.4) is 0 Å². The summed E-state index contributed by atoms with van der Waals surface area (Å²) in [5, 5.41) is 2.95. The SMILES string of the molecule is CC(C)CC(NC(=O)c1ccc(N2CCN(C)CC2)cc1)C(=O)N1CCC2C1C(=O)CN2C(=O)c1cccnc1. The minimum Gasteiger partial charge on any atom is -0.369 e. The summed E-state index contributed by atoms with van der Waals surface area (Å²) in [6.07, 6.45) is 4.05. The third kappa shape index (κ3) is 5.72. The smallest absolute Gasteiger partial charge is 0.256 e. The first-order valence-electron chi connectivity index (χ1n) is 14.1. The molecule has 0 radical (unpaired) electrons. The quantitative estimate of drug-likeness (QED) is 0.563. The Bertz CT molecular complexity index is 1240. The van der Waals surface area contributed by atoms with E-state index in [0.29, 0.717) is 30.5 Å². The first-order chi connectivity index (χ1) is 19.2. The van der Waals surface area contributed by atoms with Crippen molar-refractivity contribution in [1.82, 2.24) is 25.0 Å². The lowest BCUT2D eigenvalue weighted by atomic mass is 10.0. The number of ketones is 1. The molecule has 3 aliphatic heterocycles. The van der Waals surface area contributed by atoms with Gasteiger partial charge in [-0.25, -0.2) is 0 Å². The van der Waals surface area contributed by atoms with Gasteiger partial charge in [0, 0.05) is 56.4 Å². The van der Waals surface area contributed by atoms with E-state index in [-0.39, 0.29) is 42.0 Å². The number of benzene rings is 1. The van der Waals surface area contributed by atoms with Crippen molar-refractivity contribution in [3.05, 3.63) is 59.9 Å². The molecule has 0 bridgehead atoms. The van der Waals surface area contributed by atoms with Crippen molar-refractivity contribution in [2.45, 2.75) is 44.8 Å². The van der Waals surface area contributed by atoms with Gasteiger partial charge in [-0.05, 0) is 62.2 Å². The standard InChI is InChI=1S/C30H38N6O4/c1-20(2)17-24(32-28(38)21-6-8-23(9-7-21)34-15-13-33(3)14-16-34)30(40)35-12-10-25-27(35)26(37)19-36(25)29(39)22-5-4-11-31-18-22/h4-9,11,18,20,24-25,27H,10,12-17,19H2,1-3H3,(H,32,38). The van der Waals surface area contributed by atoms with Gasteiger partial charge in [-0.3, -0.25) is 24.2 Å². The number of hydrogen-bond donors (Lipinski definition) is 1. The number of amides is 3. The number of likely N-dealkylation sites (N-methyl/N-ethyl adjacent to an activating group) is 1. The number of likely N-dealkylation sites (tertiary alicyclic amines) is 2. The van der Waals surface area contributed by atoms with Crippen LogP contribution in [0.5, 0.6) is 0 Å². The number of nitrogens with one attached hydrogen (secondary N) is 1. The van der Waals surface area contributed by atoms with E-state index in [0.717, 1.165) is 31.9 Å². The van der Waals surface area contributed by atoms with Crippen LogP contribution in [0.1, 0.15) is 47.4 Å². The van der Waals surface area contributed by atoms with Crippen LogP contribution < -0.4 is 10.2 Å². The van der Waals surface area contributed by atoms with E-state index >= 15 is 0 Å². The van der Waals surface area contributed by atoms with Crippen molar-refractivity contribution >= 4 is 29.2 Å². The lowest BCUT2D eigenvalue weighted by Crippen LogP contribution is -2.53. The molecule has 1 aromatic carbocycles. The third-order valence-electron chi connectivity index (χ3n) is 8.18. The summed E-state index contributed by atoms with van der Waals surface area (Å²) < 4.78 is 0. The molecule has 3 atom stereocenters. The second-order valence-corrected chi connectivity index (χ2v) is 11.5. The molecule has 1 N–H and O–H groups in total. The molecule has 10 nitrogen and oxygen atoms in total. The number of Topliss-reactive ketones (excluding diaryl/α,β-unsaturated/α-hetero) is 1. The van der Waals surface area contributed by atoms with Crippen LogP contribution in [-0.4, -0.2) is 108 Å². The summed E-state index contributed by atoms with van der Waals surface area (Å²) in [6.45, 7) is 8.20. The molecule has 3 unspecified atom stereocenters. The van der Waals surface area contributed by atoms with Crippen molar-refractivity contribution in [1.29, 1.82) is 0 Å². The highest BCUT2D eigenvalue weighted by molar-refractivity contribution is 6.03. The number of rotatable bonds is 7. The van der Waals surface area contributed by atoms with Gasteiger partial charge in [-0.15, -0.1) is 0 Å². The Morgan fingerprint density at radius 2 is 1.70 bits per heavy atom. The molecular formula is C30H38N6O4. The van der Waals surface area contributed by atoms with Crippen molar-refractivity contribution < 1.29 is 19.2 Å². The normalized spacial score (nSPS) is 22.0. The first-order valence-corrected chi connectivity index (χ1v) is 14.1. The molecule has 5 rings (SSSR count). The van der Waals surface area contributed by atoms with Gasteiger partial charge in [0.2, 0.25) is 5.91 Å². The van der Waals surface area contributed by atoms with Crippen LogP contribution in [-0.2, 0) is 9.59 Å². The molecule has 3 aliphatic rings. The zero-order valence-corrected chi connectivity index (χ0v) is 23.5. The number of carbonyl (C=O) groups is 4. The highest BCUT2D eigenvalue weighted by atomic mass is 16.2. The van der Waals surface area contributed by atoms with Crippen molar-refractivity contribution in [2.75, 3.05) is 51.2 Å². The van der Waals surface area contributed by atoms with E-state index in [2.05, 4.69) is 27.1 Å². The largest absolute Gasteiger partial charge is 0.369 e. The number of fused-ring (bicyclic) bond motifs is 1. The topological polar surface area (TPSA) is 106 Å². The molecule has 3 saturated heterocycles. The number of aromatic nitrogens is 1. The maximum atomic E-state index is 13.8. The van der Waals surface area contributed by atoms with Gasteiger partial charge in [0.05, 0.1) is 18.2 Å². The minimum atomic E-state index is -0.764. The van der Waals surface area contributed by atoms with E-state index in [1.54, 1.807) is 40.3 Å². The number of anilines is 1. The fraction of sp³-hybridized carbons (Fsp3) is 0.500. The molecule has 10 heteroatoms. The molecule has 212 valence electrons. The Labute approximate surface area is 235 Å². The number of carbonyl (C=O) groups excluding carboxylic acids is 4. The summed E-state index contributed by atoms with van der Waals surface area (Å²) in [5.74, 6) is -0.842. The number of nitrogens with zero attached hydrogens (tertiary/aromatic N) is 5. The lowest BCUT2D eigenvalue weighted by Gasteiger charge is -2.34. The van der Waals surface area contributed by atoms with Crippen LogP contribution >= 0.6 is 0 Å². The van der Waals surface area contributed by atoms with Gasteiger partial charge in [-0.2, -0.15) is 0 Å². The molecule has 4 heterocycles. The van der Waals surface area contributed by atoms with Crippen LogP contribution in [0.4, 0.5) is 5.69 Å². The summed E-state index contributed by atoms with van der Waals surface area (Å²) in [7, 11) is 2.11. The molecule has 3 fully saturated rings. The zero-order valence-electron chi connectivity index (χ0n) is 23.5. The van der Waals surface area contributed by atoms with Gasteiger partial charge in [0.15, 0.2) is 5.78 Å². The van der Waals surface area contributed by atoms with E-state index in [9.17, 15) is 19.2 Å². The third-order valence-corrected chi connectivity index (χ3v) is 8.18. The predicted octanol–water partition coefficient (Wildman–Crippen LogP) is 1.67. The molecule has 1 aromatic heterocycles. The fourth-order valence-corrected chi connectivity index (χ4v) is 6.02. The van der Waals surface area contributed by atoms with Crippen LogP contribution in [0, 0.1) is 5.92 Å². The van der Waals surface area contributed by atoms with Crippen molar-refractivity contribution in [2.24, 2.45) is 5.92 Å². The second kappa shape index (κ2) is 11.8. The maximum Gasteiger partial charge on any atom is 0.256 e. The van der Waals surface area contributed by atoms with Gasteiger partial charge in [0.1, 0.15) is 12.1 Å². The molecule has 3 amide bonds. The van der Waals surface area contributed by atoms with Crippen LogP contribution in [0.15, 0.2) is 48.8 Å². The molecule has 0 saturated carbocycles. The van der Waals surface area contributed by atoms with E-state index in [1.807, 2.05) is 26.0 Å². The monoisotopic (exact) mass is 546 g/mol. The van der Waals surface area contributed by atoms with Gasteiger partial charge in [-0.1, -0.05) is 13.8 Å². The van der Waals surface area contributed by atoms with E-state index in [4.69, 9.17) is 0 Å². The van der Waals surface area contributed by atoms with Gasteiger partial charge >= 0.3 is 0 Å². The van der Waals surface area contributed by atoms with Crippen LogP contribution in [0.25, 0.3) is 0 Å². The number of piperazine rings is 1. The van der Waals surface area contributed by atoms with Crippen molar-refractivity contribution in [3.63, 3.8) is 0 Å². The van der Waals surface area contributed by atoms with Gasteiger partial charge in [0.25, 0.3) is 11.8 Å². The predicted molar refractivity (Wildman–Crippen MR) is 151 cm³/mol. The Morgan fingerprint density at radius 3 is 2.35 bits per heavy atom. The van der Waals surface area contributed by atoms with E-state index in [1.165, 1.54) is 6.20 Å². The number of pyridine rings is 1. The summed E-state index contributed by atoms with van der Waals surface area (Å²) in [6, 6.07) is 9.04. The Balaban J connectivity index is 1.27. The summed E-state index contributed by atoms with van der Waals surface area (Å²) in [5.41, 5.74) is 1.99. The zero-order chi connectivity index (χ0) is 28.4. The average Bonchev–Trinajstić information content (AvgIpc) is 3.54. The second-order valence-electron chi connectivity index (χ2n) is 11.5. The molecule has 0 spiro atoms. The van der Waals surface area contributed by atoms with Crippen LogP contribution in [0.2, 0.25) is 0 Å². The average molecular weight is 547 g/mol. The molecular weight excluding hydrogens is 508 g/mol. The van der Waals surface area contributed by atoms with E-state index < -0.39 is 12.1 Å². The number of hydrogen-bond acceptors (Lipinski definition) is 7. The fourth-order valence-electron chi connectivity index (χ4n) is 6.02. The maximum absolute atomic E-state index is 13.8. The van der Waals surface area contributed by atoms with Crippen molar-refractivity contribution in [3.8, 4) is 0 Å². The molecule has 0 aliphatic carbocycles. The summed E-state index contributed by atoms with van der Waals surface area (Å²) in [4.78, 5) is 65.0. The van der Waals surface area contributed by atoms with Gasteiger partial charge < -0.3 is 24.9 Å². The molecule has 2 aromatic rings. The Kier molecular flexibility index (Phi) is 8.16. The minimum absolute atomic E-state index is 0.0340. The highest BCUT2D eigenvalue weighted by Gasteiger charge is 2.52.